The van der Waals surface area contributed by atoms with Gasteiger partial charge in [-0.3, -0.25) is 4.79 Å². The van der Waals surface area contributed by atoms with Crippen molar-refractivity contribution in [3.63, 3.8) is 0 Å². The number of piperidine rings is 1. The summed E-state index contributed by atoms with van der Waals surface area (Å²) in [6, 6.07) is 13.1. The number of hydrogen-bond acceptors (Lipinski definition) is 5. The van der Waals surface area contributed by atoms with Crippen LogP contribution >= 0.6 is 0 Å². The van der Waals surface area contributed by atoms with Gasteiger partial charge < -0.3 is 25.1 Å². The second kappa shape index (κ2) is 8.75. The summed E-state index contributed by atoms with van der Waals surface area (Å²) in [5.74, 6) is 2.40. The Bertz CT molecular complexity index is 999. The van der Waals surface area contributed by atoms with Crippen molar-refractivity contribution < 1.29 is 14.3 Å². The molecule has 0 bridgehead atoms. The number of carbonyl (C=O) groups excluding carboxylic acids is 1. The largest absolute Gasteiger partial charge is 0.493 e. The van der Waals surface area contributed by atoms with Gasteiger partial charge in [0, 0.05) is 37.0 Å². The Balaban J connectivity index is 1.46. The minimum absolute atomic E-state index is 0.0492. The zero-order chi connectivity index (χ0) is 21.1. The number of nitrogens with two attached hydrogens (primary N) is 1. The van der Waals surface area contributed by atoms with Gasteiger partial charge in [-0.05, 0) is 31.0 Å². The number of imidazole rings is 1. The van der Waals surface area contributed by atoms with Crippen LogP contribution in [-0.4, -0.2) is 48.1 Å². The molecule has 4 rings (SSSR count). The number of hydrogen-bond donors (Lipinski definition) is 2. The molecule has 3 N–H and O–H groups in total. The molecule has 30 heavy (non-hydrogen) atoms. The lowest BCUT2D eigenvalue weighted by Crippen LogP contribution is -2.40. The van der Waals surface area contributed by atoms with Gasteiger partial charge in [0.05, 0.1) is 25.3 Å². The lowest BCUT2D eigenvalue weighted by atomic mass is 9.96. The van der Waals surface area contributed by atoms with E-state index in [1.165, 1.54) is 0 Å². The third-order valence-electron chi connectivity index (χ3n) is 5.80. The lowest BCUT2D eigenvalue weighted by Gasteiger charge is -2.32. The number of nitrogens with zero attached hydrogens (tertiary/aromatic N) is 2. The second-order valence-corrected chi connectivity index (χ2v) is 7.71. The molecule has 1 saturated heterocycles. The summed E-state index contributed by atoms with van der Waals surface area (Å²) < 4.78 is 10.8. The number of rotatable bonds is 6. The first-order valence-electron chi connectivity index (χ1n) is 10.3. The molecule has 2 aromatic carbocycles. The number of carbonyl (C=O) groups is 1. The Morgan fingerprint density at radius 3 is 2.83 bits per heavy atom. The standard InChI is InChI=1S/C23H28N4O3/c1-29-20-11-5-8-16(22(20)30-2)17(24)13-21(28)27-12-6-7-15(14-27)23-25-18-9-3-4-10-19(18)26-23/h3-5,8-11,15,17H,6-7,12-14,24H2,1-2H3,(H,25,26)/t15?,17-/m0/s1. The molecule has 0 saturated carbocycles. The van der Waals surface area contributed by atoms with Crippen molar-refractivity contribution >= 4 is 16.9 Å². The zero-order valence-corrected chi connectivity index (χ0v) is 17.4. The molecule has 1 aliphatic rings. The van der Waals surface area contributed by atoms with Crippen LogP contribution in [0.4, 0.5) is 0 Å². The number of benzene rings is 2. The summed E-state index contributed by atoms with van der Waals surface area (Å²) in [5, 5.41) is 0. The van der Waals surface area contributed by atoms with Gasteiger partial charge in [0.15, 0.2) is 11.5 Å². The van der Waals surface area contributed by atoms with Crippen molar-refractivity contribution in [3.8, 4) is 11.5 Å². The van der Waals surface area contributed by atoms with Crippen LogP contribution < -0.4 is 15.2 Å². The normalized spacial score (nSPS) is 17.7. The number of ether oxygens (including phenoxy) is 2. The molecule has 1 fully saturated rings. The first kappa shape index (κ1) is 20.2. The maximum atomic E-state index is 13.0. The summed E-state index contributed by atoms with van der Waals surface area (Å²) >= 11 is 0. The van der Waals surface area contributed by atoms with Gasteiger partial charge in [-0.25, -0.2) is 4.98 Å². The van der Waals surface area contributed by atoms with Gasteiger partial charge in [-0.1, -0.05) is 24.3 Å². The molecule has 1 amide bonds. The minimum Gasteiger partial charge on any atom is -0.493 e. The third kappa shape index (κ3) is 3.98. The van der Waals surface area contributed by atoms with E-state index in [2.05, 4.69) is 4.98 Å². The lowest BCUT2D eigenvalue weighted by molar-refractivity contribution is -0.132. The Morgan fingerprint density at radius 1 is 1.23 bits per heavy atom. The second-order valence-electron chi connectivity index (χ2n) is 7.71. The molecule has 2 heterocycles. The van der Waals surface area contributed by atoms with E-state index in [0.717, 1.165) is 41.8 Å². The first-order valence-corrected chi connectivity index (χ1v) is 10.3. The van der Waals surface area contributed by atoms with Gasteiger partial charge in [-0.2, -0.15) is 0 Å². The molecule has 1 aliphatic heterocycles. The van der Waals surface area contributed by atoms with Gasteiger partial charge in [0.1, 0.15) is 5.82 Å². The van der Waals surface area contributed by atoms with Gasteiger partial charge >= 0.3 is 0 Å². The number of methoxy groups -OCH3 is 2. The molecule has 3 aromatic rings. The maximum Gasteiger partial charge on any atom is 0.224 e. The van der Waals surface area contributed by atoms with Crippen molar-refractivity contribution in [1.29, 1.82) is 0 Å². The number of para-hydroxylation sites is 3. The van der Waals surface area contributed by atoms with E-state index in [1.807, 2.05) is 47.4 Å². The molecule has 1 unspecified atom stereocenters. The fourth-order valence-electron chi connectivity index (χ4n) is 4.22. The number of aromatic amines is 1. The average Bonchev–Trinajstić information content (AvgIpc) is 3.22. The molecule has 1 aromatic heterocycles. The average molecular weight is 409 g/mol. The molecule has 0 spiro atoms. The molecule has 0 radical (unpaired) electrons. The number of likely N-dealkylation sites (tertiary alicyclic amines) is 1. The summed E-state index contributed by atoms with van der Waals surface area (Å²) in [6.07, 6.45) is 2.18. The van der Waals surface area contributed by atoms with E-state index < -0.39 is 6.04 Å². The monoisotopic (exact) mass is 408 g/mol. The molecule has 2 atom stereocenters. The van der Waals surface area contributed by atoms with E-state index in [1.54, 1.807) is 14.2 Å². The van der Waals surface area contributed by atoms with Crippen molar-refractivity contribution in [2.24, 2.45) is 5.73 Å². The van der Waals surface area contributed by atoms with Crippen molar-refractivity contribution in [1.82, 2.24) is 14.9 Å². The van der Waals surface area contributed by atoms with E-state index in [9.17, 15) is 4.79 Å². The van der Waals surface area contributed by atoms with E-state index >= 15 is 0 Å². The summed E-state index contributed by atoms with van der Waals surface area (Å²) in [7, 11) is 3.17. The fraction of sp³-hybridized carbons (Fsp3) is 0.391. The van der Waals surface area contributed by atoms with Gasteiger partial charge in [0.2, 0.25) is 5.91 Å². The number of H-pyrrole nitrogens is 1. The predicted molar refractivity (Wildman–Crippen MR) is 116 cm³/mol. The number of nitrogens with one attached hydrogen (secondary N) is 1. The summed E-state index contributed by atoms with van der Waals surface area (Å²) in [6.45, 7) is 1.40. The van der Waals surface area contributed by atoms with Crippen LogP contribution in [0.5, 0.6) is 11.5 Å². The molecule has 7 heteroatoms. The highest BCUT2D eigenvalue weighted by Crippen LogP contribution is 2.35. The van der Waals surface area contributed by atoms with Crippen LogP contribution in [0, 0.1) is 0 Å². The van der Waals surface area contributed by atoms with E-state index in [-0.39, 0.29) is 18.2 Å². The highest BCUT2D eigenvalue weighted by Gasteiger charge is 2.28. The summed E-state index contributed by atoms with van der Waals surface area (Å²) in [4.78, 5) is 23.1. The van der Waals surface area contributed by atoms with Crippen LogP contribution in [0.1, 0.15) is 42.6 Å². The van der Waals surface area contributed by atoms with Crippen LogP contribution in [0.25, 0.3) is 11.0 Å². The van der Waals surface area contributed by atoms with Crippen LogP contribution in [-0.2, 0) is 4.79 Å². The van der Waals surface area contributed by atoms with Crippen LogP contribution in [0.2, 0.25) is 0 Å². The Kier molecular flexibility index (Phi) is 5.90. The molecular formula is C23H28N4O3. The Hall–Kier alpha value is -3.06. The smallest absolute Gasteiger partial charge is 0.224 e. The SMILES string of the molecule is COc1cccc([C@@H](N)CC(=O)N2CCCC(c3nc4ccccc4[nH]3)C2)c1OC. The molecule has 7 nitrogen and oxygen atoms in total. The van der Waals surface area contributed by atoms with Crippen LogP contribution in [0.3, 0.4) is 0 Å². The van der Waals surface area contributed by atoms with Crippen molar-refractivity contribution in [2.45, 2.75) is 31.2 Å². The number of aromatic nitrogens is 2. The van der Waals surface area contributed by atoms with Gasteiger partial charge in [0.25, 0.3) is 0 Å². The van der Waals surface area contributed by atoms with E-state index in [0.29, 0.717) is 18.0 Å². The quantitative estimate of drug-likeness (QED) is 0.652. The maximum absolute atomic E-state index is 13.0. The zero-order valence-electron chi connectivity index (χ0n) is 17.4. The topological polar surface area (TPSA) is 93.5 Å². The van der Waals surface area contributed by atoms with E-state index in [4.69, 9.17) is 20.2 Å². The van der Waals surface area contributed by atoms with Crippen LogP contribution in [0.15, 0.2) is 42.5 Å². The Morgan fingerprint density at radius 2 is 2.07 bits per heavy atom. The molecular weight excluding hydrogens is 380 g/mol. The minimum atomic E-state index is -0.464. The molecule has 0 aliphatic carbocycles. The molecule has 158 valence electrons. The number of amides is 1. The third-order valence-corrected chi connectivity index (χ3v) is 5.80. The number of fused-ring (bicyclic) bond motifs is 1. The fourth-order valence-corrected chi connectivity index (χ4v) is 4.22. The first-order chi connectivity index (χ1) is 14.6. The Labute approximate surface area is 176 Å². The van der Waals surface area contributed by atoms with Gasteiger partial charge in [-0.15, -0.1) is 0 Å². The van der Waals surface area contributed by atoms with Crippen molar-refractivity contribution in [3.05, 3.63) is 53.9 Å². The highest BCUT2D eigenvalue weighted by molar-refractivity contribution is 5.78. The predicted octanol–water partition coefficient (Wildman–Crippen LogP) is 3.38. The summed E-state index contributed by atoms with van der Waals surface area (Å²) in [5.41, 5.74) is 9.16. The highest BCUT2D eigenvalue weighted by atomic mass is 16.5. The van der Waals surface area contributed by atoms with Crippen molar-refractivity contribution in [2.75, 3.05) is 27.3 Å².